The molecule has 1 saturated carbocycles. The second kappa shape index (κ2) is 5.71. The predicted molar refractivity (Wildman–Crippen MR) is 65.9 cm³/mol. The Morgan fingerprint density at radius 3 is 2.50 bits per heavy atom. The summed E-state index contributed by atoms with van der Waals surface area (Å²) in [6.45, 7) is 1.33. The number of carbonyl (C=O) groups excluding carboxylic acids is 1. The van der Waals surface area contributed by atoms with Gasteiger partial charge in [0.15, 0.2) is 0 Å². The molecule has 5 heteroatoms. The number of hydrogen-bond acceptors (Lipinski definition) is 2. The molecule has 2 unspecified atom stereocenters. The first-order chi connectivity index (χ1) is 8.66. The SMILES string of the molecule is O=C(O)C1CCC(C(=O)NCCn2cccc2)C1. The van der Waals surface area contributed by atoms with Crippen molar-refractivity contribution in [3.63, 3.8) is 0 Å². The lowest BCUT2D eigenvalue weighted by atomic mass is 10.0. The summed E-state index contributed by atoms with van der Waals surface area (Å²) in [5, 5.41) is 11.7. The second-order valence-corrected chi connectivity index (χ2v) is 4.76. The highest BCUT2D eigenvalue weighted by Gasteiger charge is 2.33. The van der Waals surface area contributed by atoms with Crippen LogP contribution < -0.4 is 5.32 Å². The summed E-state index contributed by atoms with van der Waals surface area (Å²) in [4.78, 5) is 22.6. The van der Waals surface area contributed by atoms with Gasteiger partial charge in [0.05, 0.1) is 5.92 Å². The quantitative estimate of drug-likeness (QED) is 0.822. The van der Waals surface area contributed by atoms with Crippen LogP contribution in [0.4, 0.5) is 0 Å². The van der Waals surface area contributed by atoms with Gasteiger partial charge in [0.1, 0.15) is 0 Å². The third-order valence-corrected chi connectivity index (χ3v) is 3.49. The number of amides is 1. The normalized spacial score (nSPS) is 22.9. The third-order valence-electron chi connectivity index (χ3n) is 3.49. The summed E-state index contributed by atoms with van der Waals surface area (Å²) in [7, 11) is 0. The smallest absolute Gasteiger partial charge is 0.306 e. The van der Waals surface area contributed by atoms with Crippen LogP contribution in [-0.2, 0) is 16.1 Å². The van der Waals surface area contributed by atoms with E-state index in [1.165, 1.54) is 0 Å². The van der Waals surface area contributed by atoms with Crippen molar-refractivity contribution in [2.24, 2.45) is 11.8 Å². The lowest BCUT2D eigenvalue weighted by Gasteiger charge is -2.11. The molecular formula is C13H18N2O3. The maximum absolute atomic E-state index is 11.8. The van der Waals surface area contributed by atoms with Crippen molar-refractivity contribution in [1.82, 2.24) is 9.88 Å². The molecule has 0 aromatic carbocycles. The molecule has 1 aliphatic rings. The Kier molecular flexibility index (Phi) is 4.02. The molecule has 0 bridgehead atoms. The van der Waals surface area contributed by atoms with Crippen LogP contribution in [0.25, 0.3) is 0 Å². The van der Waals surface area contributed by atoms with E-state index >= 15 is 0 Å². The van der Waals surface area contributed by atoms with E-state index in [0.717, 1.165) is 6.54 Å². The summed E-state index contributed by atoms with van der Waals surface area (Å²) in [6.07, 6.45) is 5.67. The fraction of sp³-hybridized carbons (Fsp3) is 0.538. The minimum atomic E-state index is -0.780. The highest BCUT2D eigenvalue weighted by atomic mass is 16.4. The highest BCUT2D eigenvalue weighted by molar-refractivity contribution is 5.80. The maximum Gasteiger partial charge on any atom is 0.306 e. The minimum Gasteiger partial charge on any atom is -0.481 e. The van der Waals surface area contributed by atoms with Crippen molar-refractivity contribution >= 4 is 11.9 Å². The van der Waals surface area contributed by atoms with Crippen LogP contribution in [0.2, 0.25) is 0 Å². The molecule has 2 atom stereocenters. The van der Waals surface area contributed by atoms with Crippen molar-refractivity contribution in [2.45, 2.75) is 25.8 Å². The molecule has 98 valence electrons. The second-order valence-electron chi connectivity index (χ2n) is 4.76. The number of rotatable bonds is 5. The van der Waals surface area contributed by atoms with Crippen LogP contribution in [0.5, 0.6) is 0 Å². The van der Waals surface area contributed by atoms with Gasteiger partial charge in [-0.25, -0.2) is 0 Å². The first kappa shape index (κ1) is 12.7. The van der Waals surface area contributed by atoms with E-state index in [-0.39, 0.29) is 17.7 Å². The number of aliphatic carboxylic acids is 1. The monoisotopic (exact) mass is 250 g/mol. The van der Waals surface area contributed by atoms with Crippen molar-refractivity contribution in [3.8, 4) is 0 Å². The Morgan fingerprint density at radius 1 is 1.22 bits per heavy atom. The highest BCUT2D eigenvalue weighted by Crippen LogP contribution is 2.30. The zero-order chi connectivity index (χ0) is 13.0. The molecule has 5 nitrogen and oxygen atoms in total. The van der Waals surface area contributed by atoms with Gasteiger partial charge in [0, 0.05) is 31.4 Å². The van der Waals surface area contributed by atoms with Gasteiger partial charge in [-0.1, -0.05) is 0 Å². The van der Waals surface area contributed by atoms with Crippen LogP contribution in [-0.4, -0.2) is 28.1 Å². The van der Waals surface area contributed by atoms with Gasteiger partial charge in [0.25, 0.3) is 0 Å². The average Bonchev–Trinajstić information content (AvgIpc) is 2.99. The van der Waals surface area contributed by atoms with E-state index in [4.69, 9.17) is 5.11 Å². The van der Waals surface area contributed by atoms with Crippen molar-refractivity contribution in [2.75, 3.05) is 6.54 Å². The summed E-state index contributed by atoms with van der Waals surface area (Å²) in [5.74, 6) is -1.26. The summed E-state index contributed by atoms with van der Waals surface area (Å²) >= 11 is 0. The summed E-state index contributed by atoms with van der Waals surface area (Å²) < 4.78 is 2.00. The molecule has 18 heavy (non-hydrogen) atoms. The molecule has 1 heterocycles. The number of carbonyl (C=O) groups is 2. The fourth-order valence-corrected chi connectivity index (χ4v) is 2.42. The Morgan fingerprint density at radius 2 is 1.89 bits per heavy atom. The Balaban J connectivity index is 1.71. The molecule has 1 amide bonds. The van der Waals surface area contributed by atoms with Gasteiger partial charge < -0.3 is 15.0 Å². The average molecular weight is 250 g/mol. The van der Waals surface area contributed by atoms with E-state index in [9.17, 15) is 9.59 Å². The van der Waals surface area contributed by atoms with Crippen LogP contribution in [0, 0.1) is 11.8 Å². The van der Waals surface area contributed by atoms with Crippen LogP contribution in [0.1, 0.15) is 19.3 Å². The molecule has 0 saturated heterocycles. The van der Waals surface area contributed by atoms with E-state index < -0.39 is 5.97 Å². The van der Waals surface area contributed by atoms with Gasteiger partial charge in [0.2, 0.25) is 5.91 Å². The Hall–Kier alpha value is -1.78. The van der Waals surface area contributed by atoms with Crippen molar-refractivity contribution < 1.29 is 14.7 Å². The van der Waals surface area contributed by atoms with E-state index in [1.54, 1.807) is 0 Å². The minimum absolute atomic E-state index is 0.00842. The predicted octanol–water partition coefficient (Wildman–Crippen LogP) is 1.11. The third kappa shape index (κ3) is 3.12. The van der Waals surface area contributed by atoms with Crippen molar-refractivity contribution in [3.05, 3.63) is 24.5 Å². The van der Waals surface area contributed by atoms with Gasteiger partial charge in [-0.05, 0) is 31.4 Å². The maximum atomic E-state index is 11.8. The van der Waals surface area contributed by atoms with E-state index in [1.807, 2.05) is 29.1 Å². The lowest BCUT2D eigenvalue weighted by molar-refractivity contribution is -0.141. The number of nitrogens with zero attached hydrogens (tertiary/aromatic N) is 1. The van der Waals surface area contributed by atoms with Crippen LogP contribution >= 0.6 is 0 Å². The molecule has 0 radical (unpaired) electrons. The first-order valence-corrected chi connectivity index (χ1v) is 6.28. The molecule has 1 aromatic heterocycles. The molecule has 2 rings (SSSR count). The molecule has 1 aliphatic carbocycles. The van der Waals surface area contributed by atoms with Gasteiger partial charge in [-0.2, -0.15) is 0 Å². The number of carboxylic acid groups (broad SMARTS) is 1. The van der Waals surface area contributed by atoms with Gasteiger partial charge in [-0.15, -0.1) is 0 Å². The summed E-state index contributed by atoms with van der Waals surface area (Å²) in [6, 6.07) is 3.88. The zero-order valence-corrected chi connectivity index (χ0v) is 10.2. The van der Waals surface area contributed by atoms with Gasteiger partial charge in [-0.3, -0.25) is 9.59 Å². The molecule has 1 fully saturated rings. The molecule has 2 N–H and O–H groups in total. The van der Waals surface area contributed by atoms with E-state index in [0.29, 0.717) is 25.8 Å². The number of carboxylic acids is 1. The van der Waals surface area contributed by atoms with Crippen LogP contribution in [0.3, 0.4) is 0 Å². The number of nitrogens with one attached hydrogen (secondary N) is 1. The topological polar surface area (TPSA) is 71.3 Å². The fourth-order valence-electron chi connectivity index (χ4n) is 2.42. The van der Waals surface area contributed by atoms with Crippen molar-refractivity contribution in [1.29, 1.82) is 0 Å². The van der Waals surface area contributed by atoms with E-state index in [2.05, 4.69) is 5.32 Å². The Labute approximate surface area is 106 Å². The largest absolute Gasteiger partial charge is 0.481 e. The lowest BCUT2D eigenvalue weighted by Crippen LogP contribution is -2.32. The molecular weight excluding hydrogens is 232 g/mol. The summed E-state index contributed by atoms with van der Waals surface area (Å²) in [5.41, 5.74) is 0. The van der Waals surface area contributed by atoms with Gasteiger partial charge >= 0.3 is 5.97 Å². The standard InChI is InChI=1S/C13H18N2O3/c16-12(10-3-4-11(9-10)13(17)18)14-5-8-15-6-1-2-7-15/h1-2,6-7,10-11H,3-5,8-9H2,(H,14,16)(H,17,18). The number of aromatic nitrogens is 1. The van der Waals surface area contributed by atoms with Crippen LogP contribution in [0.15, 0.2) is 24.5 Å². The first-order valence-electron chi connectivity index (χ1n) is 6.28. The molecule has 1 aromatic rings. The molecule has 0 spiro atoms. The Bertz CT molecular complexity index is 414. The number of hydrogen-bond donors (Lipinski definition) is 2. The zero-order valence-electron chi connectivity index (χ0n) is 10.2. The molecule has 0 aliphatic heterocycles.